The van der Waals surface area contributed by atoms with E-state index >= 15 is 0 Å². The van der Waals surface area contributed by atoms with Crippen LogP contribution < -0.4 is 0 Å². The normalized spacial score (nSPS) is 21.8. The highest BCUT2D eigenvalue weighted by Crippen LogP contribution is 2.30. The van der Waals surface area contributed by atoms with Crippen molar-refractivity contribution < 1.29 is 4.79 Å². The first-order chi connectivity index (χ1) is 11.7. The van der Waals surface area contributed by atoms with E-state index in [1.54, 1.807) is 0 Å². The Morgan fingerprint density at radius 3 is 2.96 bits per heavy atom. The smallest absolute Gasteiger partial charge is 0.223 e. The molecule has 2 aromatic rings. The lowest BCUT2D eigenvalue weighted by Crippen LogP contribution is -2.54. The molecule has 1 N–H and O–H groups in total. The van der Waals surface area contributed by atoms with E-state index in [1.165, 1.54) is 23.8 Å². The number of benzene rings is 1. The Labute approximate surface area is 141 Å². The SMILES string of the molecule is N#CC1CN(C(=O)CCc2ccc3[nH]ccc3c2)CCN1C1CC1. The Hall–Kier alpha value is -2.32. The van der Waals surface area contributed by atoms with Gasteiger partial charge in [0.15, 0.2) is 0 Å². The van der Waals surface area contributed by atoms with Crippen molar-refractivity contribution in [1.82, 2.24) is 14.8 Å². The van der Waals surface area contributed by atoms with Gasteiger partial charge in [-0.15, -0.1) is 0 Å². The monoisotopic (exact) mass is 322 g/mol. The first kappa shape index (κ1) is 15.2. The number of aromatic amines is 1. The van der Waals surface area contributed by atoms with Crippen LogP contribution in [0.25, 0.3) is 10.9 Å². The van der Waals surface area contributed by atoms with Crippen molar-refractivity contribution in [1.29, 1.82) is 5.26 Å². The van der Waals surface area contributed by atoms with E-state index in [0.717, 1.165) is 25.0 Å². The number of nitrogens with one attached hydrogen (secondary N) is 1. The number of H-pyrrole nitrogens is 1. The molecular formula is C19H22N4O. The number of aromatic nitrogens is 1. The molecule has 124 valence electrons. The summed E-state index contributed by atoms with van der Waals surface area (Å²) in [5.74, 6) is 0.167. The van der Waals surface area contributed by atoms with Crippen LogP contribution in [0.2, 0.25) is 0 Å². The number of hydrogen-bond acceptors (Lipinski definition) is 3. The van der Waals surface area contributed by atoms with Crippen LogP contribution in [-0.2, 0) is 11.2 Å². The van der Waals surface area contributed by atoms with Gasteiger partial charge in [-0.1, -0.05) is 6.07 Å². The van der Waals surface area contributed by atoms with Gasteiger partial charge in [0.05, 0.1) is 6.07 Å². The van der Waals surface area contributed by atoms with Crippen molar-refractivity contribution in [2.75, 3.05) is 19.6 Å². The number of piperazine rings is 1. The number of aryl methyl sites for hydroxylation is 1. The Balaban J connectivity index is 1.35. The quantitative estimate of drug-likeness (QED) is 0.939. The van der Waals surface area contributed by atoms with Gasteiger partial charge in [-0.25, -0.2) is 0 Å². The summed E-state index contributed by atoms with van der Waals surface area (Å²) in [7, 11) is 0. The molecule has 1 aromatic heterocycles. The summed E-state index contributed by atoms with van der Waals surface area (Å²) < 4.78 is 0. The van der Waals surface area contributed by atoms with Crippen LogP contribution in [0.4, 0.5) is 0 Å². The molecule has 2 heterocycles. The van der Waals surface area contributed by atoms with Gasteiger partial charge in [0.25, 0.3) is 0 Å². The van der Waals surface area contributed by atoms with E-state index in [2.05, 4.69) is 40.2 Å². The fourth-order valence-electron chi connectivity index (χ4n) is 3.65. The third-order valence-electron chi connectivity index (χ3n) is 5.18. The molecule has 0 radical (unpaired) electrons. The summed E-state index contributed by atoms with van der Waals surface area (Å²) in [4.78, 5) is 19.9. The summed E-state index contributed by atoms with van der Waals surface area (Å²) >= 11 is 0. The Bertz CT molecular complexity index is 786. The van der Waals surface area contributed by atoms with Gasteiger partial charge in [-0.05, 0) is 48.4 Å². The van der Waals surface area contributed by atoms with Crippen molar-refractivity contribution in [3.8, 4) is 6.07 Å². The van der Waals surface area contributed by atoms with Crippen molar-refractivity contribution >= 4 is 16.8 Å². The highest BCUT2D eigenvalue weighted by molar-refractivity contribution is 5.80. The molecule has 1 aliphatic carbocycles. The van der Waals surface area contributed by atoms with Crippen molar-refractivity contribution in [3.05, 3.63) is 36.0 Å². The lowest BCUT2D eigenvalue weighted by atomic mass is 10.1. The van der Waals surface area contributed by atoms with Crippen LogP contribution in [-0.4, -0.2) is 52.4 Å². The molecule has 2 aliphatic rings. The van der Waals surface area contributed by atoms with Crippen LogP contribution in [0.5, 0.6) is 0 Å². The maximum atomic E-state index is 12.5. The Morgan fingerprint density at radius 2 is 2.17 bits per heavy atom. The van der Waals surface area contributed by atoms with E-state index in [9.17, 15) is 10.1 Å². The largest absolute Gasteiger partial charge is 0.361 e. The van der Waals surface area contributed by atoms with Gasteiger partial charge >= 0.3 is 0 Å². The van der Waals surface area contributed by atoms with Crippen molar-refractivity contribution in [2.24, 2.45) is 0 Å². The fraction of sp³-hybridized carbons (Fsp3) is 0.474. The molecule has 0 bridgehead atoms. The van der Waals surface area contributed by atoms with Crippen LogP contribution in [0.15, 0.2) is 30.5 Å². The van der Waals surface area contributed by atoms with Gasteiger partial charge in [-0.2, -0.15) is 5.26 Å². The van der Waals surface area contributed by atoms with Gasteiger partial charge in [0.2, 0.25) is 5.91 Å². The number of carbonyl (C=O) groups excluding carboxylic acids is 1. The van der Waals surface area contributed by atoms with Gasteiger partial charge in [0, 0.05) is 43.8 Å². The zero-order valence-corrected chi connectivity index (χ0v) is 13.7. The summed E-state index contributed by atoms with van der Waals surface area (Å²) in [5.41, 5.74) is 2.31. The number of fused-ring (bicyclic) bond motifs is 1. The van der Waals surface area contributed by atoms with E-state index in [-0.39, 0.29) is 11.9 Å². The van der Waals surface area contributed by atoms with Gasteiger partial charge in [0.1, 0.15) is 6.04 Å². The molecule has 1 amide bonds. The molecule has 4 rings (SSSR count). The third kappa shape index (κ3) is 3.02. The fourth-order valence-corrected chi connectivity index (χ4v) is 3.65. The molecule has 1 atom stereocenters. The molecule has 5 nitrogen and oxygen atoms in total. The van der Waals surface area contributed by atoms with Crippen LogP contribution in [0.1, 0.15) is 24.8 Å². The summed E-state index contributed by atoms with van der Waals surface area (Å²) in [6, 6.07) is 11.2. The third-order valence-corrected chi connectivity index (χ3v) is 5.18. The zero-order chi connectivity index (χ0) is 16.5. The van der Waals surface area contributed by atoms with Crippen LogP contribution in [0, 0.1) is 11.3 Å². The molecule has 1 saturated carbocycles. The predicted molar refractivity (Wildman–Crippen MR) is 92.3 cm³/mol. The van der Waals surface area contributed by atoms with E-state index in [1.807, 2.05) is 11.1 Å². The van der Waals surface area contributed by atoms with Gasteiger partial charge in [-0.3, -0.25) is 9.69 Å². The second-order valence-electron chi connectivity index (χ2n) is 6.85. The number of hydrogen-bond donors (Lipinski definition) is 1. The lowest BCUT2D eigenvalue weighted by molar-refractivity contribution is -0.133. The van der Waals surface area contributed by atoms with E-state index < -0.39 is 0 Å². The summed E-state index contributed by atoms with van der Waals surface area (Å²) in [6.07, 6.45) is 5.60. The molecule has 2 fully saturated rings. The van der Waals surface area contributed by atoms with Crippen LogP contribution >= 0.6 is 0 Å². The first-order valence-electron chi connectivity index (χ1n) is 8.74. The number of nitrogens with zero attached hydrogens (tertiary/aromatic N) is 3. The topological polar surface area (TPSA) is 63.1 Å². The van der Waals surface area contributed by atoms with E-state index in [4.69, 9.17) is 0 Å². The molecule has 1 unspecified atom stereocenters. The van der Waals surface area contributed by atoms with E-state index in [0.29, 0.717) is 19.0 Å². The molecule has 1 aromatic carbocycles. The average molecular weight is 322 g/mol. The van der Waals surface area contributed by atoms with Crippen molar-refractivity contribution in [2.45, 2.75) is 37.8 Å². The maximum absolute atomic E-state index is 12.5. The molecule has 5 heteroatoms. The highest BCUT2D eigenvalue weighted by atomic mass is 16.2. The standard InChI is InChI=1S/C19H22N4O/c20-12-17-13-22(9-10-23(17)16-3-4-16)19(24)6-2-14-1-5-18-15(11-14)7-8-21-18/h1,5,7-8,11,16-17,21H,2-4,6,9-10,13H2. The summed E-state index contributed by atoms with van der Waals surface area (Å²) in [6.45, 7) is 2.15. The molecule has 24 heavy (non-hydrogen) atoms. The van der Waals surface area contributed by atoms with Crippen molar-refractivity contribution in [3.63, 3.8) is 0 Å². The Morgan fingerprint density at radius 1 is 1.29 bits per heavy atom. The Kier molecular flexibility index (Phi) is 3.99. The minimum Gasteiger partial charge on any atom is -0.361 e. The number of nitriles is 1. The lowest BCUT2D eigenvalue weighted by Gasteiger charge is -2.38. The number of amides is 1. The molecule has 0 spiro atoms. The molecule has 1 aliphatic heterocycles. The predicted octanol–water partition coefficient (Wildman–Crippen LogP) is 2.30. The minimum absolute atomic E-state index is 0.133. The van der Waals surface area contributed by atoms with Gasteiger partial charge < -0.3 is 9.88 Å². The second-order valence-corrected chi connectivity index (χ2v) is 6.85. The molecule has 1 saturated heterocycles. The summed E-state index contributed by atoms with van der Waals surface area (Å²) in [5, 5.41) is 10.6. The number of rotatable bonds is 4. The minimum atomic E-state index is -0.133. The zero-order valence-electron chi connectivity index (χ0n) is 13.7. The molecular weight excluding hydrogens is 300 g/mol. The number of carbonyl (C=O) groups is 1. The van der Waals surface area contributed by atoms with Crippen LogP contribution in [0.3, 0.4) is 0 Å². The average Bonchev–Trinajstić information content (AvgIpc) is 3.36. The highest BCUT2D eigenvalue weighted by Gasteiger charge is 2.38. The second kappa shape index (κ2) is 6.29. The first-order valence-corrected chi connectivity index (χ1v) is 8.74. The maximum Gasteiger partial charge on any atom is 0.223 e.